The zero-order chi connectivity index (χ0) is 14.6. The van der Waals surface area contributed by atoms with Crippen LogP contribution in [0.4, 0.5) is 4.79 Å². The number of hydrogen-bond acceptors (Lipinski definition) is 3. The molecule has 2 atom stereocenters. The average Bonchev–Trinajstić information content (AvgIpc) is 2.75. The van der Waals surface area contributed by atoms with Crippen LogP contribution in [-0.4, -0.2) is 54.4 Å². The van der Waals surface area contributed by atoms with Gasteiger partial charge in [0.05, 0.1) is 19.3 Å². The number of nitrogens with one attached hydrogen (secondary N) is 1. The lowest BCUT2D eigenvalue weighted by atomic mass is 9.97. The molecule has 2 amide bonds. The smallest absolute Gasteiger partial charge is 0.317 e. The Bertz CT molecular complexity index is 338. The summed E-state index contributed by atoms with van der Waals surface area (Å²) in [5, 5.41) is 12.0. The number of carboxylic acids is 1. The summed E-state index contributed by atoms with van der Waals surface area (Å²) in [5.41, 5.74) is -0.00650. The van der Waals surface area contributed by atoms with E-state index in [0.717, 1.165) is 0 Å². The van der Waals surface area contributed by atoms with Crippen molar-refractivity contribution in [3.05, 3.63) is 0 Å². The van der Waals surface area contributed by atoms with Gasteiger partial charge >= 0.3 is 12.0 Å². The van der Waals surface area contributed by atoms with Crippen LogP contribution in [0.1, 0.15) is 27.7 Å². The van der Waals surface area contributed by atoms with Crippen LogP contribution in [0.3, 0.4) is 0 Å². The van der Waals surface area contributed by atoms with E-state index in [1.807, 2.05) is 27.7 Å². The zero-order valence-electron chi connectivity index (χ0n) is 12.1. The Morgan fingerprint density at radius 2 is 2.00 bits per heavy atom. The zero-order valence-corrected chi connectivity index (χ0v) is 12.1. The van der Waals surface area contributed by atoms with Gasteiger partial charge in [0.2, 0.25) is 0 Å². The second-order valence-electron chi connectivity index (χ2n) is 6.05. The average molecular weight is 272 g/mol. The molecular weight excluding hydrogens is 248 g/mol. The first-order valence-electron chi connectivity index (χ1n) is 6.61. The molecule has 0 aromatic carbocycles. The number of likely N-dealkylation sites (N-methyl/N-ethyl adjacent to an activating group) is 1. The van der Waals surface area contributed by atoms with Crippen LogP contribution in [0.15, 0.2) is 0 Å². The SMILES string of the molecule is CCN(C(=O)NCC(C)(C)C)C1COCC1C(=O)O. The minimum Gasteiger partial charge on any atom is -0.481 e. The van der Waals surface area contributed by atoms with Crippen LogP contribution in [0.25, 0.3) is 0 Å². The molecule has 0 radical (unpaired) electrons. The van der Waals surface area contributed by atoms with Crippen LogP contribution in [0.5, 0.6) is 0 Å². The molecule has 0 aliphatic carbocycles. The molecule has 1 saturated heterocycles. The minimum atomic E-state index is -0.912. The first-order valence-corrected chi connectivity index (χ1v) is 6.61. The number of urea groups is 1. The van der Waals surface area contributed by atoms with Gasteiger partial charge in [0.25, 0.3) is 0 Å². The monoisotopic (exact) mass is 272 g/mol. The van der Waals surface area contributed by atoms with Gasteiger partial charge in [-0.2, -0.15) is 0 Å². The van der Waals surface area contributed by atoms with Crippen molar-refractivity contribution < 1.29 is 19.4 Å². The quantitative estimate of drug-likeness (QED) is 0.805. The molecule has 110 valence electrons. The molecule has 2 N–H and O–H groups in total. The molecule has 6 heteroatoms. The van der Waals surface area contributed by atoms with Crippen molar-refractivity contribution in [3.8, 4) is 0 Å². The maximum atomic E-state index is 12.1. The summed E-state index contributed by atoms with van der Waals surface area (Å²) in [4.78, 5) is 24.8. The summed E-state index contributed by atoms with van der Waals surface area (Å²) in [6, 6.07) is -0.610. The Balaban J connectivity index is 2.66. The molecular formula is C13H24N2O4. The molecule has 1 heterocycles. The van der Waals surface area contributed by atoms with E-state index in [1.165, 1.54) is 0 Å². The number of carbonyl (C=O) groups excluding carboxylic acids is 1. The van der Waals surface area contributed by atoms with Gasteiger partial charge in [0.1, 0.15) is 5.92 Å². The summed E-state index contributed by atoms with van der Waals surface area (Å²) in [5.74, 6) is -1.55. The first-order chi connectivity index (χ1) is 8.76. The maximum Gasteiger partial charge on any atom is 0.317 e. The van der Waals surface area contributed by atoms with E-state index < -0.39 is 11.9 Å². The predicted octanol–water partition coefficient (Wildman–Crippen LogP) is 1.16. The fraction of sp³-hybridized carbons (Fsp3) is 0.846. The molecule has 1 fully saturated rings. The van der Waals surface area contributed by atoms with Crippen molar-refractivity contribution in [2.24, 2.45) is 11.3 Å². The second-order valence-corrected chi connectivity index (χ2v) is 6.05. The largest absolute Gasteiger partial charge is 0.481 e. The lowest BCUT2D eigenvalue weighted by Crippen LogP contribution is -2.51. The molecule has 0 aromatic rings. The Hall–Kier alpha value is -1.30. The normalized spacial score (nSPS) is 23.2. The molecule has 0 saturated carbocycles. The van der Waals surface area contributed by atoms with E-state index in [-0.39, 0.29) is 30.7 Å². The summed E-state index contributed by atoms with van der Waals surface area (Å²) in [6.45, 7) is 9.40. The number of carboxylic acid groups (broad SMARTS) is 1. The Kier molecular flexibility index (Phi) is 5.17. The van der Waals surface area contributed by atoms with Gasteiger partial charge in [-0.3, -0.25) is 4.79 Å². The van der Waals surface area contributed by atoms with Gasteiger partial charge in [-0.1, -0.05) is 20.8 Å². The Labute approximate surface area is 114 Å². The Morgan fingerprint density at radius 3 is 2.47 bits per heavy atom. The predicted molar refractivity (Wildman–Crippen MR) is 71.0 cm³/mol. The molecule has 1 rings (SSSR count). The van der Waals surface area contributed by atoms with Gasteiger partial charge in [0.15, 0.2) is 0 Å². The highest BCUT2D eigenvalue weighted by Gasteiger charge is 2.39. The number of hydrogen-bond donors (Lipinski definition) is 2. The number of aliphatic carboxylic acids is 1. The van der Waals surface area contributed by atoms with E-state index in [0.29, 0.717) is 13.1 Å². The minimum absolute atomic E-state index is 0.00650. The lowest BCUT2D eigenvalue weighted by molar-refractivity contribution is -0.142. The second kappa shape index (κ2) is 6.23. The van der Waals surface area contributed by atoms with Crippen molar-refractivity contribution in [1.29, 1.82) is 0 Å². The van der Waals surface area contributed by atoms with Gasteiger partial charge in [-0.05, 0) is 12.3 Å². The fourth-order valence-corrected chi connectivity index (χ4v) is 2.06. The molecule has 1 aliphatic rings. The molecule has 1 aliphatic heterocycles. The van der Waals surface area contributed by atoms with Crippen LogP contribution in [-0.2, 0) is 9.53 Å². The summed E-state index contributed by atoms with van der Waals surface area (Å²) < 4.78 is 5.21. The van der Waals surface area contributed by atoms with Gasteiger partial charge < -0.3 is 20.1 Å². The Morgan fingerprint density at radius 1 is 1.37 bits per heavy atom. The van der Waals surface area contributed by atoms with Crippen molar-refractivity contribution in [1.82, 2.24) is 10.2 Å². The highest BCUT2D eigenvalue weighted by atomic mass is 16.5. The van der Waals surface area contributed by atoms with Crippen molar-refractivity contribution in [2.45, 2.75) is 33.7 Å². The third-order valence-corrected chi connectivity index (χ3v) is 3.14. The molecule has 0 bridgehead atoms. The summed E-state index contributed by atoms with van der Waals surface area (Å²) in [6.07, 6.45) is 0. The lowest BCUT2D eigenvalue weighted by Gasteiger charge is -2.30. The maximum absolute atomic E-state index is 12.1. The third-order valence-electron chi connectivity index (χ3n) is 3.14. The summed E-state index contributed by atoms with van der Waals surface area (Å²) >= 11 is 0. The number of nitrogens with zero attached hydrogens (tertiary/aromatic N) is 1. The molecule has 19 heavy (non-hydrogen) atoms. The fourth-order valence-electron chi connectivity index (χ4n) is 2.06. The molecule has 0 aromatic heterocycles. The topological polar surface area (TPSA) is 78.9 Å². The number of carbonyl (C=O) groups is 2. The number of rotatable bonds is 4. The van der Waals surface area contributed by atoms with E-state index in [2.05, 4.69) is 5.32 Å². The molecule has 0 spiro atoms. The number of ether oxygens (including phenoxy) is 1. The van der Waals surface area contributed by atoms with Gasteiger partial charge in [-0.15, -0.1) is 0 Å². The standard InChI is InChI=1S/C13H24N2O4/c1-5-15(12(18)14-8-13(2,3)4)10-7-19-6-9(10)11(16)17/h9-10H,5-8H2,1-4H3,(H,14,18)(H,16,17). The van der Waals surface area contributed by atoms with Crippen LogP contribution in [0.2, 0.25) is 0 Å². The third kappa shape index (κ3) is 4.38. The van der Waals surface area contributed by atoms with Crippen molar-refractivity contribution in [3.63, 3.8) is 0 Å². The van der Waals surface area contributed by atoms with E-state index in [1.54, 1.807) is 4.90 Å². The van der Waals surface area contributed by atoms with Gasteiger partial charge in [-0.25, -0.2) is 4.79 Å². The molecule has 2 unspecified atom stereocenters. The van der Waals surface area contributed by atoms with E-state index >= 15 is 0 Å². The summed E-state index contributed by atoms with van der Waals surface area (Å²) in [7, 11) is 0. The van der Waals surface area contributed by atoms with E-state index in [9.17, 15) is 9.59 Å². The van der Waals surface area contributed by atoms with Gasteiger partial charge in [0, 0.05) is 13.1 Å². The molecule has 6 nitrogen and oxygen atoms in total. The first kappa shape index (κ1) is 15.8. The van der Waals surface area contributed by atoms with Crippen molar-refractivity contribution >= 4 is 12.0 Å². The highest BCUT2D eigenvalue weighted by Crippen LogP contribution is 2.20. The van der Waals surface area contributed by atoms with Crippen molar-refractivity contribution in [2.75, 3.05) is 26.3 Å². The van der Waals surface area contributed by atoms with Crippen LogP contribution < -0.4 is 5.32 Å². The number of amides is 2. The van der Waals surface area contributed by atoms with Crippen LogP contribution >= 0.6 is 0 Å². The highest BCUT2D eigenvalue weighted by molar-refractivity contribution is 5.77. The van der Waals surface area contributed by atoms with Crippen LogP contribution in [0, 0.1) is 11.3 Å². The van der Waals surface area contributed by atoms with E-state index in [4.69, 9.17) is 9.84 Å².